The number of carbonyl (C=O) groups is 2. The molecule has 91 heavy (non-hydrogen) atoms. The normalized spacial score (nSPS) is 18.7. The fourth-order valence-corrected chi connectivity index (χ4v) is 11.0. The summed E-state index contributed by atoms with van der Waals surface area (Å²) in [6.45, 7) is 5.67. The summed E-state index contributed by atoms with van der Waals surface area (Å²) in [5, 5.41) is 57.4. The van der Waals surface area contributed by atoms with Crippen molar-refractivity contribution < 1.29 is 49.3 Å². The second kappa shape index (κ2) is 66.1. The second-order valence-corrected chi connectivity index (χ2v) is 25.3. The summed E-state index contributed by atoms with van der Waals surface area (Å²) in [5.74, 6) is -1.21. The lowest BCUT2D eigenvalue weighted by molar-refractivity contribution is -0.305. The van der Waals surface area contributed by atoms with Gasteiger partial charge in [-0.1, -0.05) is 309 Å². The van der Waals surface area contributed by atoms with E-state index >= 15 is 0 Å². The molecule has 0 aromatic heterocycles. The minimum Gasteiger partial charge on any atom is -0.454 e. The Bertz CT molecular complexity index is 1950. The van der Waals surface area contributed by atoms with Gasteiger partial charge < -0.3 is 45.1 Å². The van der Waals surface area contributed by atoms with E-state index in [4.69, 9.17) is 14.2 Å². The zero-order chi connectivity index (χ0) is 66.0. The Kier molecular flexibility index (Phi) is 61.8. The lowest BCUT2D eigenvalue weighted by Crippen LogP contribution is -2.61. The van der Waals surface area contributed by atoms with Crippen LogP contribution in [0.1, 0.15) is 310 Å². The molecule has 0 spiro atoms. The molecule has 8 atom stereocenters. The molecule has 1 aliphatic heterocycles. The van der Waals surface area contributed by atoms with E-state index in [1.54, 1.807) is 6.08 Å². The van der Waals surface area contributed by atoms with Crippen molar-refractivity contribution in [2.75, 3.05) is 13.2 Å². The monoisotopic (exact) mass is 1270 g/mol. The zero-order valence-corrected chi connectivity index (χ0v) is 58.2. The summed E-state index contributed by atoms with van der Waals surface area (Å²) in [6.07, 6.45) is 82.3. The van der Waals surface area contributed by atoms with Crippen LogP contribution < -0.4 is 5.32 Å². The van der Waals surface area contributed by atoms with Gasteiger partial charge in [-0.2, -0.15) is 0 Å². The summed E-state index contributed by atoms with van der Waals surface area (Å²) in [4.78, 5) is 26.7. The Hall–Kier alpha value is -3.94. The molecule has 8 unspecified atom stereocenters. The maximum Gasteiger partial charge on any atom is 0.306 e. The van der Waals surface area contributed by atoms with Crippen LogP contribution in [-0.4, -0.2) is 99.6 Å². The Morgan fingerprint density at radius 1 is 0.440 bits per heavy atom. The Morgan fingerprint density at radius 3 is 1.21 bits per heavy atom. The molecule has 0 aromatic carbocycles. The number of aliphatic hydroxyl groups is 5. The van der Waals surface area contributed by atoms with Crippen molar-refractivity contribution in [2.24, 2.45) is 0 Å². The van der Waals surface area contributed by atoms with E-state index in [1.807, 2.05) is 6.08 Å². The van der Waals surface area contributed by atoms with Gasteiger partial charge in [0.05, 0.1) is 25.4 Å². The van der Waals surface area contributed by atoms with Gasteiger partial charge in [0, 0.05) is 6.42 Å². The van der Waals surface area contributed by atoms with Gasteiger partial charge in [-0.15, -0.1) is 0 Å². The van der Waals surface area contributed by atoms with Crippen LogP contribution in [-0.2, 0) is 23.8 Å². The molecule has 11 nitrogen and oxygen atoms in total. The van der Waals surface area contributed by atoms with Crippen molar-refractivity contribution in [1.29, 1.82) is 0 Å². The number of esters is 1. The van der Waals surface area contributed by atoms with Gasteiger partial charge in [0.25, 0.3) is 0 Å². The molecular formula is C80H137NO10. The highest BCUT2D eigenvalue weighted by Gasteiger charge is 2.47. The highest BCUT2D eigenvalue weighted by atomic mass is 16.7. The van der Waals surface area contributed by atoms with Crippen molar-refractivity contribution in [1.82, 2.24) is 5.32 Å². The predicted molar refractivity (Wildman–Crippen MR) is 384 cm³/mol. The van der Waals surface area contributed by atoms with Crippen LogP contribution in [0.15, 0.2) is 122 Å². The zero-order valence-electron chi connectivity index (χ0n) is 58.2. The van der Waals surface area contributed by atoms with E-state index in [-0.39, 0.29) is 19.4 Å². The maximum absolute atomic E-state index is 13.5. The van der Waals surface area contributed by atoms with E-state index in [0.717, 1.165) is 128 Å². The van der Waals surface area contributed by atoms with Crippen molar-refractivity contribution in [3.63, 3.8) is 0 Å². The van der Waals surface area contributed by atoms with E-state index in [9.17, 15) is 35.1 Å². The van der Waals surface area contributed by atoms with E-state index in [2.05, 4.69) is 135 Å². The third-order valence-corrected chi connectivity index (χ3v) is 16.8. The van der Waals surface area contributed by atoms with Crippen molar-refractivity contribution in [3.05, 3.63) is 122 Å². The van der Waals surface area contributed by atoms with Gasteiger partial charge in [-0.3, -0.25) is 9.59 Å². The molecule has 1 fully saturated rings. The Balaban J connectivity index is 2.59. The number of hydrogen-bond acceptors (Lipinski definition) is 10. The molecule has 0 radical (unpaired) electrons. The fourth-order valence-electron chi connectivity index (χ4n) is 11.0. The molecule has 1 heterocycles. The predicted octanol–water partition coefficient (Wildman–Crippen LogP) is 19.7. The number of allylic oxidation sites excluding steroid dienone is 19. The molecule has 1 aliphatic rings. The number of aliphatic hydroxyl groups excluding tert-OH is 5. The van der Waals surface area contributed by atoms with E-state index in [0.29, 0.717) is 12.8 Å². The van der Waals surface area contributed by atoms with Gasteiger partial charge in [0.15, 0.2) is 12.4 Å². The number of hydrogen-bond donors (Lipinski definition) is 6. The second-order valence-electron chi connectivity index (χ2n) is 25.3. The van der Waals surface area contributed by atoms with Crippen LogP contribution in [0.3, 0.4) is 0 Å². The number of unbranched alkanes of at least 4 members (excludes halogenated alkanes) is 31. The third-order valence-electron chi connectivity index (χ3n) is 16.8. The van der Waals surface area contributed by atoms with Gasteiger partial charge in [-0.25, -0.2) is 0 Å². The van der Waals surface area contributed by atoms with Crippen LogP contribution in [0.4, 0.5) is 0 Å². The molecule has 0 saturated carbocycles. The van der Waals surface area contributed by atoms with Crippen LogP contribution >= 0.6 is 0 Å². The molecule has 6 N–H and O–H groups in total. The summed E-state index contributed by atoms with van der Waals surface area (Å²) < 4.78 is 17.7. The highest BCUT2D eigenvalue weighted by molar-refractivity contribution is 5.80. The minimum absolute atomic E-state index is 0.114. The largest absolute Gasteiger partial charge is 0.454 e. The van der Waals surface area contributed by atoms with Crippen LogP contribution in [0.5, 0.6) is 0 Å². The molecule has 1 rings (SSSR count). The average molecular weight is 1270 g/mol. The number of nitrogens with one attached hydrogen (secondary N) is 1. The number of ether oxygens (including phenoxy) is 3. The summed E-state index contributed by atoms with van der Waals surface area (Å²) in [5.41, 5.74) is 0. The van der Waals surface area contributed by atoms with Crippen molar-refractivity contribution in [3.8, 4) is 0 Å². The molecule has 11 heteroatoms. The minimum atomic E-state index is -1.63. The fraction of sp³-hybridized carbons (Fsp3) is 0.725. The first-order valence-electron chi connectivity index (χ1n) is 37.3. The van der Waals surface area contributed by atoms with Gasteiger partial charge in [0.1, 0.15) is 24.4 Å². The van der Waals surface area contributed by atoms with Crippen LogP contribution in [0.25, 0.3) is 0 Å². The topological polar surface area (TPSA) is 175 Å². The molecular weight excluding hydrogens is 1130 g/mol. The van der Waals surface area contributed by atoms with Crippen molar-refractivity contribution >= 4 is 11.9 Å². The summed E-state index contributed by atoms with van der Waals surface area (Å²) in [7, 11) is 0. The lowest BCUT2D eigenvalue weighted by Gasteiger charge is -2.41. The van der Waals surface area contributed by atoms with E-state index in [1.165, 1.54) is 135 Å². The van der Waals surface area contributed by atoms with Crippen molar-refractivity contribution in [2.45, 2.75) is 359 Å². The number of rotatable bonds is 63. The number of amides is 1. The molecule has 1 amide bonds. The molecule has 0 aliphatic carbocycles. The van der Waals surface area contributed by atoms with Crippen LogP contribution in [0.2, 0.25) is 0 Å². The van der Waals surface area contributed by atoms with Gasteiger partial charge in [-0.05, 0) is 116 Å². The first kappa shape index (κ1) is 85.1. The quantitative estimate of drug-likeness (QED) is 0.0195. The SMILES string of the molecule is CC/C=C\C/C=C\C/C=C\C/C=C\C/C=C\C/C=C\CCCCCCCC(O)C(=O)NC(COC1OC(CO)C(O)C(O)C1OC(=O)CCCCCCCCCCCCCC/C=C\C/C=C\C/C=C\CCCCC)C(O)/C=C/CCCCCCCCCCCCC. The number of carbonyl (C=O) groups excluding carboxylic acids is 2. The first-order valence-corrected chi connectivity index (χ1v) is 37.3. The Labute approximate surface area is 557 Å². The third kappa shape index (κ3) is 53.1. The highest BCUT2D eigenvalue weighted by Crippen LogP contribution is 2.26. The first-order chi connectivity index (χ1) is 44.7. The molecule has 0 aromatic rings. The summed E-state index contributed by atoms with van der Waals surface area (Å²) >= 11 is 0. The van der Waals surface area contributed by atoms with Gasteiger partial charge in [0.2, 0.25) is 5.91 Å². The lowest BCUT2D eigenvalue weighted by atomic mass is 9.99. The van der Waals surface area contributed by atoms with Gasteiger partial charge >= 0.3 is 5.97 Å². The van der Waals surface area contributed by atoms with E-state index < -0.39 is 67.4 Å². The molecule has 0 bridgehead atoms. The van der Waals surface area contributed by atoms with Crippen LogP contribution in [0, 0.1) is 0 Å². The molecule has 522 valence electrons. The standard InChI is InChI=1S/C80H137NO10/c1-4-7-10-13-16-19-22-25-27-29-31-33-35-37-39-41-43-45-47-50-53-56-59-62-65-68-75(85)91-78-77(87)76(86)74(69-82)90-80(78)89-70-71(72(83)66-63-60-57-54-51-48-24-21-18-15-12-9-6-3)81-79(88)73(84)67-64-61-58-55-52-49-46-44-42-40-38-36-34-32-30-28-26-23-20-17-14-11-8-5-2/h8,11,16-17,19-20,25-28,31-34,38,40,44,46,63,66,71-74,76-78,80,82-84,86-87H,4-7,9-10,12-15,18,21-24,29-30,35-37,39,41-43,45,47-62,64-65,67-70H2,1-3H3,(H,81,88)/b11-8-,19-16-,20-17-,27-25-,28-26-,33-31-,34-32-,40-38-,46-44-,66-63+. The smallest absolute Gasteiger partial charge is 0.306 e. The Morgan fingerprint density at radius 2 is 0.791 bits per heavy atom. The maximum atomic E-state index is 13.5. The molecule has 1 saturated heterocycles. The average Bonchev–Trinajstić information content (AvgIpc) is 1.00. The summed E-state index contributed by atoms with van der Waals surface area (Å²) in [6, 6.07) is -1.04.